The molecule has 0 N–H and O–H groups in total. The molecule has 0 spiro atoms. The molecule has 0 aliphatic heterocycles. The number of carbonyl (C=O) groups excluding carboxylic acids is 1. The summed E-state index contributed by atoms with van der Waals surface area (Å²) in [5.74, 6) is -0.299. The van der Waals surface area contributed by atoms with Gasteiger partial charge >= 0.3 is 6.18 Å². The van der Waals surface area contributed by atoms with Crippen molar-refractivity contribution in [1.29, 1.82) is 0 Å². The lowest BCUT2D eigenvalue weighted by Gasteiger charge is -2.10. The first-order valence-corrected chi connectivity index (χ1v) is 9.24. The zero-order valence-corrected chi connectivity index (χ0v) is 16.2. The van der Waals surface area contributed by atoms with Crippen LogP contribution in [0.4, 0.5) is 13.2 Å². The Balaban J connectivity index is 1.63. The van der Waals surface area contributed by atoms with Gasteiger partial charge in [-0.25, -0.2) is 4.68 Å². The van der Waals surface area contributed by atoms with Crippen LogP contribution in [0.15, 0.2) is 11.1 Å². The van der Waals surface area contributed by atoms with Crippen molar-refractivity contribution < 1.29 is 18.0 Å². The quantitative estimate of drug-likeness (QED) is 0.710. The predicted octanol–water partition coefficient (Wildman–Crippen LogP) is 5.08. The molecule has 7 heteroatoms. The van der Waals surface area contributed by atoms with E-state index in [0.717, 1.165) is 23.9 Å². The van der Waals surface area contributed by atoms with Gasteiger partial charge in [0.15, 0.2) is 0 Å². The number of carbonyl (C=O) groups is 1. The molecule has 2 fully saturated rings. The van der Waals surface area contributed by atoms with Gasteiger partial charge in [0.1, 0.15) is 5.03 Å². The van der Waals surface area contributed by atoms with E-state index in [0.29, 0.717) is 11.8 Å². The van der Waals surface area contributed by atoms with Crippen molar-refractivity contribution in [3.05, 3.63) is 28.1 Å². The number of fused-ring (bicyclic) bond motifs is 3. The van der Waals surface area contributed by atoms with Gasteiger partial charge in [0, 0.05) is 5.56 Å². The first-order valence-electron chi connectivity index (χ1n) is 8.86. The SMILES string of the molecule is Cc1nn(C(=O)[C@H]2[C@H](/C=C(\Cl)C(F)(F)F)C2(C)C)c2c1[C@H]1[C@@H](C2)C1(C)C. The number of aromatic nitrogens is 2. The van der Waals surface area contributed by atoms with Crippen molar-refractivity contribution in [3.63, 3.8) is 0 Å². The summed E-state index contributed by atoms with van der Waals surface area (Å²) in [6.07, 6.45) is -2.78. The highest BCUT2D eigenvalue weighted by atomic mass is 35.5. The first-order chi connectivity index (χ1) is 11.8. The molecule has 0 bridgehead atoms. The van der Waals surface area contributed by atoms with Crippen LogP contribution in [0, 0.1) is 35.5 Å². The number of alkyl halides is 3. The van der Waals surface area contributed by atoms with Crippen molar-refractivity contribution >= 4 is 17.5 Å². The van der Waals surface area contributed by atoms with E-state index in [1.54, 1.807) is 13.8 Å². The van der Waals surface area contributed by atoms with Gasteiger partial charge in [-0.05, 0) is 41.9 Å². The lowest BCUT2D eigenvalue weighted by Crippen LogP contribution is -2.20. The lowest BCUT2D eigenvalue weighted by molar-refractivity contribution is -0.0848. The van der Waals surface area contributed by atoms with Crippen LogP contribution < -0.4 is 0 Å². The van der Waals surface area contributed by atoms with Gasteiger partial charge in [-0.3, -0.25) is 4.79 Å². The number of hydrogen-bond donors (Lipinski definition) is 0. The van der Waals surface area contributed by atoms with E-state index in [2.05, 4.69) is 18.9 Å². The third-order valence-electron chi connectivity index (χ3n) is 6.96. The minimum absolute atomic E-state index is 0.216. The van der Waals surface area contributed by atoms with Crippen molar-refractivity contribution in [1.82, 2.24) is 9.78 Å². The van der Waals surface area contributed by atoms with Gasteiger partial charge in [-0.15, -0.1) is 0 Å². The van der Waals surface area contributed by atoms with Gasteiger partial charge in [-0.1, -0.05) is 45.4 Å². The minimum atomic E-state index is -4.58. The van der Waals surface area contributed by atoms with Gasteiger partial charge in [-0.2, -0.15) is 18.3 Å². The third-order valence-corrected chi connectivity index (χ3v) is 7.30. The Morgan fingerprint density at radius 3 is 2.46 bits per heavy atom. The second-order valence-corrected chi connectivity index (χ2v) is 9.55. The molecule has 1 aromatic rings. The van der Waals surface area contributed by atoms with Crippen LogP contribution in [0.3, 0.4) is 0 Å². The van der Waals surface area contributed by atoms with Crippen LogP contribution in [0.1, 0.15) is 55.4 Å². The summed E-state index contributed by atoms with van der Waals surface area (Å²) >= 11 is 5.39. The zero-order chi connectivity index (χ0) is 19.4. The Kier molecular flexibility index (Phi) is 3.44. The molecule has 3 aliphatic rings. The summed E-state index contributed by atoms with van der Waals surface area (Å²) in [4.78, 5) is 13.1. The Morgan fingerprint density at radius 1 is 1.27 bits per heavy atom. The van der Waals surface area contributed by atoms with E-state index in [1.807, 2.05) is 6.92 Å². The molecule has 2 saturated carbocycles. The Morgan fingerprint density at radius 2 is 1.88 bits per heavy atom. The molecule has 0 radical (unpaired) electrons. The zero-order valence-electron chi connectivity index (χ0n) is 15.4. The van der Waals surface area contributed by atoms with Gasteiger partial charge in [0.2, 0.25) is 0 Å². The van der Waals surface area contributed by atoms with E-state index in [4.69, 9.17) is 11.6 Å². The molecule has 26 heavy (non-hydrogen) atoms. The van der Waals surface area contributed by atoms with Crippen LogP contribution in [0.2, 0.25) is 0 Å². The maximum absolute atomic E-state index is 13.1. The van der Waals surface area contributed by atoms with Gasteiger partial charge in [0.25, 0.3) is 5.91 Å². The Hall–Kier alpha value is -1.30. The van der Waals surface area contributed by atoms with Gasteiger partial charge in [0.05, 0.1) is 17.3 Å². The van der Waals surface area contributed by atoms with Gasteiger partial charge < -0.3 is 0 Å². The monoisotopic (exact) mass is 386 g/mol. The lowest BCUT2D eigenvalue weighted by atomic mass is 9.98. The predicted molar refractivity (Wildman–Crippen MR) is 92.1 cm³/mol. The molecule has 0 amide bonds. The molecule has 4 atom stereocenters. The summed E-state index contributed by atoms with van der Waals surface area (Å²) in [6.45, 7) is 9.97. The maximum atomic E-state index is 13.1. The van der Waals surface area contributed by atoms with Crippen LogP contribution in [0.25, 0.3) is 0 Å². The van der Waals surface area contributed by atoms with Crippen LogP contribution >= 0.6 is 11.6 Å². The van der Waals surface area contributed by atoms with E-state index in [9.17, 15) is 18.0 Å². The minimum Gasteiger partial charge on any atom is -0.272 e. The summed E-state index contributed by atoms with van der Waals surface area (Å²) < 4.78 is 39.7. The average Bonchev–Trinajstić information content (AvgIpc) is 3.05. The largest absolute Gasteiger partial charge is 0.426 e. The molecular weight excluding hydrogens is 365 g/mol. The van der Waals surface area contributed by atoms with E-state index < -0.39 is 28.5 Å². The number of allylic oxidation sites excluding steroid dienone is 2. The topological polar surface area (TPSA) is 34.9 Å². The summed E-state index contributed by atoms with van der Waals surface area (Å²) in [5, 5.41) is 3.30. The van der Waals surface area contributed by atoms with E-state index in [-0.39, 0.29) is 11.3 Å². The fourth-order valence-corrected chi connectivity index (χ4v) is 5.26. The normalized spacial score (nSPS) is 33.7. The summed E-state index contributed by atoms with van der Waals surface area (Å²) in [5.41, 5.74) is 2.68. The van der Waals surface area contributed by atoms with Crippen molar-refractivity contribution in [3.8, 4) is 0 Å². The summed E-state index contributed by atoms with van der Waals surface area (Å²) in [6, 6.07) is 0. The van der Waals surface area contributed by atoms with Crippen LogP contribution in [-0.4, -0.2) is 21.9 Å². The molecule has 3 nitrogen and oxygen atoms in total. The van der Waals surface area contributed by atoms with E-state index >= 15 is 0 Å². The average molecular weight is 387 g/mol. The molecule has 142 valence electrons. The maximum Gasteiger partial charge on any atom is 0.426 e. The highest BCUT2D eigenvalue weighted by Crippen LogP contribution is 2.70. The highest BCUT2D eigenvalue weighted by molar-refractivity contribution is 6.30. The molecule has 4 rings (SSSR count). The molecule has 0 unspecified atom stereocenters. The first kappa shape index (κ1) is 18.1. The molecular formula is C19H22ClF3N2O. The van der Waals surface area contributed by atoms with Crippen molar-refractivity contribution in [2.45, 2.75) is 53.1 Å². The smallest absolute Gasteiger partial charge is 0.272 e. The fraction of sp³-hybridized carbons (Fsp3) is 0.684. The number of nitrogens with zero attached hydrogens (tertiary/aromatic N) is 2. The van der Waals surface area contributed by atoms with Crippen LogP contribution in [0.5, 0.6) is 0 Å². The Bertz CT molecular complexity index is 850. The molecule has 3 aliphatic carbocycles. The molecule has 1 heterocycles. The standard InChI is InChI=1S/C19H22ClF3N2O/c1-8-13-11(6-9-14(13)17(9,2)3)25(24-8)16(26)15-10(18(15,4)5)7-12(20)19(21,22)23/h7,9-10,14-15H,6H2,1-5H3/b12-7-/t9-,10+,14-,15-/m1/s1. The number of aryl methyl sites for hydroxylation is 1. The summed E-state index contributed by atoms with van der Waals surface area (Å²) in [7, 11) is 0. The Labute approximate surface area is 155 Å². The third kappa shape index (κ3) is 2.26. The number of rotatable bonds is 2. The van der Waals surface area contributed by atoms with E-state index in [1.165, 1.54) is 10.2 Å². The van der Waals surface area contributed by atoms with Crippen molar-refractivity contribution in [2.75, 3.05) is 0 Å². The fourth-order valence-electron chi connectivity index (χ4n) is 5.12. The van der Waals surface area contributed by atoms with Crippen LogP contribution in [-0.2, 0) is 6.42 Å². The number of hydrogen-bond acceptors (Lipinski definition) is 2. The molecule has 1 aromatic heterocycles. The molecule has 0 aromatic carbocycles. The highest BCUT2D eigenvalue weighted by Gasteiger charge is 2.66. The van der Waals surface area contributed by atoms with Crippen molar-refractivity contribution in [2.24, 2.45) is 28.6 Å². The molecule has 0 saturated heterocycles. The second-order valence-electron chi connectivity index (χ2n) is 9.14. The number of halogens is 4. The second kappa shape index (κ2) is 4.94.